The zero-order valence-corrected chi connectivity index (χ0v) is 8.30. The van der Waals surface area contributed by atoms with Crippen LogP contribution in [0.3, 0.4) is 0 Å². The molecule has 1 N–H and O–H groups in total. The molecule has 0 amide bonds. The molecule has 0 aliphatic rings. The Morgan fingerprint density at radius 3 is 2.57 bits per heavy atom. The Morgan fingerprint density at radius 1 is 1.50 bits per heavy atom. The monoisotopic (exact) mass is 196 g/mol. The van der Waals surface area contributed by atoms with E-state index < -0.39 is 0 Å². The highest BCUT2D eigenvalue weighted by atomic mass is 16.5. The summed E-state index contributed by atoms with van der Waals surface area (Å²) < 4.78 is 5.94. The van der Waals surface area contributed by atoms with Gasteiger partial charge in [0.1, 0.15) is 6.61 Å². The molecule has 0 saturated carbocycles. The van der Waals surface area contributed by atoms with Crippen molar-refractivity contribution in [2.45, 2.75) is 20.5 Å². The maximum absolute atomic E-state index is 11.1. The third-order valence-electron chi connectivity index (χ3n) is 1.74. The summed E-state index contributed by atoms with van der Waals surface area (Å²) in [6.45, 7) is 3.82. The summed E-state index contributed by atoms with van der Waals surface area (Å²) in [4.78, 5) is 11.1. The lowest BCUT2D eigenvalue weighted by molar-refractivity contribution is -0.904. The van der Waals surface area contributed by atoms with Gasteiger partial charge < -0.3 is 4.74 Å². The van der Waals surface area contributed by atoms with Crippen LogP contribution in [0.1, 0.15) is 19.4 Å². The van der Waals surface area contributed by atoms with Crippen molar-refractivity contribution in [3.05, 3.63) is 30.1 Å². The Kier molecular flexibility index (Phi) is 3.45. The van der Waals surface area contributed by atoms with Gasteiger partial charge in [-0.05, 0) is 0 Å². The van der Waals surface area contributed by atoms with Crippen molar-refractivity contribution >= 4 is 5.97 Å². The van der Waals surface area contributed by atoms with Gasteiger partial charge in [0.05, 0.1) is 5.92 Å². The molecular weight excluding hydrogens is 182 g/mol. The second kappa shape index (κ2) is 4.60. The minimum Gasteiger partial charge on any atom is -0.461 e. The van der Waals surface area contributed by atoms with E-state index in [0.29, 0.717) is 0 Å². The number of rotatable bonds is 3. The van der Waals surface area contributed by atoms with Crippen molar-refractivity contribution in [1.29, 1.82) is 0 Å². The smallest absolute Gasteiger partial charge is 0.308 e. The summed E-state index contributed by atoms with van der Waals surface area (Å²) in [5.74, 6) is -0.327. The van der Waals surface area contributed by atoms with Crippen molar-refractivity contribution in [1.82, 2.24) is 0 Å². The Hall–Kier alpha value is -1.58. The number of pyridine rings is 1. The first-order valence-electron chi connectivity index (χ1n) is 4.45. The molecule has 0 saturated heterocycles. The lowest BCUT2D eigenvalue weighted by Crippen LogP contribution is -2.28. The summed E-state index contributed by atoms with van der Waals surface area (Å²) in [5, 5.41) is 8.93. The number of hydrogen-bond donors (Lipinski definition) is 1. The van der Waals surface area contributed by atoms with Crippen LogP contribution in [0.4, 0.5) is 0 Å². The molecule has 1 heterocycles. The maximum atomic E-state index is 11.1. The van der Waals surface area contributed by atoms with Gasteiger partial charge in [-0.15, -0.1) is 0 Å². The Bertz CT molecular complexity index is 306. The molecule has 0 aliphatic carbocycles. The number of hydrogen-bond acceptors (Lipinski definition) is 3. The van der Waals surface area contributed by atoms with E-state index >= 15 is 0 Å². The molecule has 14 heavy (non-hydrogen) atoms. The Balaban J connectivity index is 2.46. The zero-order chi connectivity index (χ0) is 10.6. The predicted molar refractivity (Wildman–Crippen MR) is 48.5 cm³/mol. The molecule has 0 radical (unpaired) electrons. The molecule has 0 spiro atoms. The molecule has 76 valence electrons. The van der Waals surface area contributed by atoms with E-state index in [0.717, 1.165) is 10.3 Å². The Labute approximate surface area is 82.7 Å². The fraction of sp³-hybridized carbons (Fsp3) is 0.400. The van der Waals surface area contributed by atoms with Crippen LogP contribution in [0.25, 0.3) is 0 Å². The van der Waals surface area contributed by atoms with Crippen molar-refractivity contribution in [2.75, 3.05) is 0 Å². The summed E-state index contributed by atoms with van der Waals surface area (Å²) in [6.07, 6.45) is 2.97. The van der Waals surface area contributed by atoms with E-state index in [-0.39, 0.29) is 18.5 Å². The van der Waals surface area contributed by atoms with Crippen LogP contribution < -0.4 is 4.73 Å². The molecule has 4 heteroatoms. The Morgan fingerprint density at radius 2 is 2.07 bits per heavy atom. The third kappa shape index (κ3) is 3.05. The van der Waals surface area contributed by atoms with Crippen LogP contribution >= 0.6 is 0 Å². The normalized spacial score (nSPS) is 10.2. The molecule has 1 aromatic rings. The largest absolute Gasteiger partial charge is 0.461 e. The average Bonchev–Trinajstić information content (AvgIpc) is 2.16. The summed E-state index contributed by atoms with van der Waals surface area (Å²) in [7, 11) is 0. The van der Waals surface area contributed by atoms with E-state index in [4.69, 9.17) is 9.94 Å². The topological polar surface area (TPSA) is 50.4 Å². The quantitative estimate of drug-likeness (QED) is 0.444. The van der Waals surface area contributed by atoms with E-state index in [1.807, 2.05) is 0 Å². The van der Waals surface area contributed by atoms with Crippen molar-refractivity contribution in [3.63, 3.8) is 0 Å². The van der Waals surface area contributed by atoms with Gasteiger partial charge in [0.25, 0.3) is 0 Å². The van der Waals surface area contributed by atoms with Crippen LogP contribution in [0, 0.1) is 5.92 Å². The van der Waals surface area contributed by atoms with Crippen molar-refractivity contribution in [3.8, 4) is 0 Å². The summed E-state index contributed by atoms with van der Waals surface area (Å²) >= 11 is 0. The SMILES string of the molecule is CC(C)C(=O)OCc1cc[n+](O)cc1. The maximum Gasteiger partial charge on any atom is 0.308 e. The summed E-state index contributed by atoms with van der Waals surface area (Å²) in [5.41, 5.74) is 0.851. The fourth-order valence-corrected chi connectivity index (χ4v) is 0.867. The van der Waals surface area contributed by atoms with Gasteiger partial charge in [0, 0.05) is 22.4 Å². The van der Waals surface area contributed by atoms with Crippen LogP contribution in [-0.2, 0) is 16.1 Å². The van der Waals surface area contributed by atoms with E-state index in [9.17, 15) is 4.79 Å². The van der Waals surface area contributed by atoms with E-state index in [2.05, 4.69) is 0 Å². The van der Waals surface area contributed by atoms with Gasteiger partial charge in [-0.1, -0.05) is 13.8 Å². The minimum atomic E-state index is -0.217. The van der Waals surface area contributed by atoms with Gasteiger partial charge in [-0.2, -0.15) is 0 Å². The van der Waals surface area contributed by atoms with Crippen LogP contribution in [0.2, 0.25) is 0 Å². The van der Waals surface area contributed by atoms with Gasteiger partial charge in [-0.25, -0.2) is 0 Å². The van der Waals surface area contributed by atoms with Crippen molar-refractivity contribution in [2.24, 2.45) is 5.92 Å². The highest BCUT2D eigenvalue weighted by Crippen LogP contribution is 2.02. The number of esters is 1. The molecule has 0 aromatic carbocycles. The number of carbonyl (C=O) groups is 1. The fourth-order valence-electron chi connectivity index (χ4n) is 0.867. The number of aromatic nitrogens is 1. The molecule has 1 rings (SSSR count). The number of ether oxygens (including phenoxy) is 1. The third-order valence-corrected chi connectivity index (χ3v) is 1.74. The van der Waals surface area contributed by atoms with E-state index in [1.165, 1.54) is 12.4 Å². The first-order valence-corrected chi connectivity index (χ1v) is 4.45. The standard InChI is InChI=1S/C10H14NO3/c1-8(2)10(12)14-7-9-3-5-11(13)6-4-9/h3-6,8,13H,7H2,1-2H3/q+1. The van der Waals surface area contributed by atoms with Gasteiger partial charge in [0.2, 0.25) is 12.4 Å². The molecule has 0 fully saturated rings. The minimum absolute atomic E-state index is 0.110. The van der Waals surface area contributed by atoms with E-state index in [1.54, 1.807) is 26.0 Å². The molecular formula is C10H14NO3+. The van der Waals surface area contributed by atoms with Gasteiger partial charge in [0.15, 0.2) is 0 Å². The molecule has 0 bridgehead atoms. The van der Waals surface area contributed by atoms with Crippen molar-refractivity contribution < 1.29 is 19.5 Å². The number of nitrogens with zero attached hydrogens (tertiary/aromatic N) is 1. The predicted octanol–water partition coefficient (Wildman–Crippen LogP) is 0.911. The second-order valence-corrected chi connectivity index (χ2v) is 3.35. The first kappa shape index (κ1) is 10.5. The second-order valence-electron chi connectivity index (χ2n) is 3.35. The molecule has 1 aromatic heterocycles. The lowest BCUT2D eigenvalue weighted by atomic mass is 10.2. The van der Waals surface area contributed by atoms with Crippen LogP contribution in [0.15, 0.2) is 24.5 Å². The highest BCUT2D eigenvalue weighted by Gasteiger charge is 2.08. The summed E-state index contributed by atoms with van der Waals surface area (Å²) in [6, 6.07) is 3.38. The number of carbonyl (C=O) groups excluding carboxylic acids is 1. The molecule has 0 atom stereocenters. The molecule has 4 nitrogen and oxygen atoms in total. The lowest BCUT2D eigenvalue weighted by Gasteiger charge is -2.05. The van der Waals surface area contributed by atoms with Gasteiger partial charge in [-0.3, -0.25) is 10.0 Å². The van der Waals surface area contributed by atoms with Crippen LogP contribution in [-0.4, -0.2) is 11.2 Å². The molecule has 0 unspecified atom stereocenters. The molecule has 0 aliphatic heterocycles. The van der Waals surface area contributed by atoms with Gasteiger partial charge >= 0.3 is 5.97 Å². The first-order chi connectivity index (χ1) is 6.59. The highest BCUT2D eigenvalue weighted by molar-refractivity contribution is 5.71. The zero-order valence-electron chi connectivity index (χ0n) is 8.30. The average molecular weight is 196 g/mol. The van der Waals surface area contributed by atoms with Crippen LogP contribution in [0.5, 0.6) is 0 Å².